The second-order valence-electron chi connectivity index (χ2n) is 4.80. The molecule has 0 spiro atoms. The molecule has 0 saturated heterocycles. The maximum absolute atomic E-state index is 5.78. The van der Waals surface area contributed by atoms with Gasteiger partial charge in [-0.1, -0.05) is 13.0 Å². The average molecular weight is 289 g/mol. The lowest BCUT2D eigenvalue weighted by molar-refractivity contribution is 0.297. The van der Waals surface area contributed by atoms with Gasteiger partial charge in [0, 0.05) is 6.42 Å². The first-order chi connectivity index (χ1) is 9.88. The summed E-state index contributed by atoms with van der Waals surface area (Å²) in [5.74, 6) is 1.71. The van der Waals surface area contributed by atoms with Crippen LogP contribution in [-0.2, 0) is 0 Å². The molecule has 0 amide bonds. The van der Waals surface area contributed by atoms with E-state index < -0.39 is 0 Å². The summed E-state index contributed by atoms with van der Waals surface area (Å²) in [6.07, 6.45) is 0.936. The SMILES string of the molecule is CCNC(c1ccsc1)c1ccc2c(c1)OCCCO2. The Morgan fingerprint density at radius 2 is 2.00 bits per heavy atom. The summed E-state index contributed by atoms with van der Waals surface area (Å²) >= 11 is 1.72. The van der Waals surface area contributed by atoms with Crippen molar-refractivity contribution in [2.24, 2.45) is 0 Å². The normalized spacial score (nSPS) is 15.7. The van der Waals surface area contributed by atoms with Crippen molar-refractivity contribution in [3.63, 3.8) is 0 Å². The quantitative estimate of drug-likeness (QED) is 0.932. The summed E-state index contributed by atoms with van der Waals surface area (Å²) in [5.41, 5.74) is 2.51. The van der Waals surface area contributed by atoms with Crippen molar-refractivity contribution < 1.29 is 9.47 Å². The minimum Gasteiger partial charge on any atom is -0.490 e. The van der Waals surface area contributed by atoms with E-state index in [2.05, 4.69) is 41.2 Å². The van der Waals surface area contributed by atoms with Crippen LogP contribution in [0.3, 0.4) is 0 Å². The number of rotatable bonds is 4. The Morgan fingerprint density at radius 3 is 2.75 bits per heavy atom. The largest absolute Gasteiger partial charge is 0.490 e. The third kappa shape index (κ3) is 2.81. The maximum Gasteiger partial charge on any atom is 0.161 e. The molecule has 1 unspecified atom stereocenters. The molecule has 1 aromatic carbocycles. The van der Waals surface area contributed by atoms with Crippen LogP contribution in [0.15, 0.2) is 35.0 Å². The molecule has 3 rings (SSSR count). The van der Waals surface area contributed by atoms with Gasteiger partial charge in [0.25, 0.3) is 0 Å². The van der Waals surface area contributed by atoms with Crippen LogP contribution >= 0.6 is 11.3 Å². The van der Waals surface area contributed by atoms with E-state index >= 15 is 0 Å². The van der Waals surface area contributed by atoms with E-state index in [9.17, 15) is 0 Å². The van der Waals surface area contributed by atoms with Gasteiger partial charge >= 0.3 is 0 Å². The fourth-order valence-corrected chi connectivity index (χ4v) is 3.12. The predicted octanol–water partition coefficient (Wildman–Crippen LogP) is 3.61. The standard InChI is InChI=1S/C16H19NO2S/c1-2-17-16(13-6-9-20-11-13)12-4-5-14-15(10-12)19-8-3-7-18-14/h4-6,9-11,16-17H,2-3,7-8H2,1H3. The Balaban J connectivity index is 1.93. The first kappa shape index (κ1) is 13.5. The van der Waals surface area contributed by atoms with Crippen molar-refractivity contribution in [1.29, 1.82) is 0 Å². The molecule has 3 nitrogen and oxygen atoms in total. The summed E-state index contributed by atoms with van der Waals surface area (Å²) in [6, 6.07) is 8.63. The highest BCUT2D eigenvalue weighted by Crippen LogP contribution is 2.34. The minimum atomic E-state index is 0.211. The molecule has 1 N–H and O–H groups in total. The van der Waals surface area contributed by atoms with Gasteiger partial charge in [-0.15, -0.1) is 0 Å². The van der Waals surface area contributed by atoms with E-state index in [0.29, 0.717) is 0 Å². The van der Waals surface area contributed by atoms with E-state index in [1.807, 2.05) is 6.07 Å². The smallest absolute Gasteiger partial charge is 0.161 e. The predicted molar refractivity (Wildman–Crippen MR) is 81.9 cm³/mol. The molecular formula is C16H19NO2S. The summed E-state index contributed by atoms with van der Waals surface area (Å²) in [5, 5.41) is 7.84. The lowest BCUT2D eigenvalue weighted by atomic mass is 10.0. The van der Waals surface area contributed by atoms with Crippen LogP contribution < -0.4 is 14.8 Å². The van der Waals surface area contributed by atoms with E-state index in [-0.39, 0.29) is 6.04 Å². The number of benzene rings is 1. The molecule has 106 valence electrons. The van der Waals surface area contributed by atoms with Gasteiger partial charge in [0.2, 0.25) is 0 Å². The minimum absolute atomic E-state index is 0.211. The number of hydrogen-bond acceptors (Lipinski definition) is 4. The number of fused-ring (bicyclic) bond motifs is 1. The summed E-state index contributed by atoms with van der Waals surface area (Å²) < 4.78 is 11.5. The fraction of sp³-hybridized carbons (Fsp3) is 0.375. The molecule has 2 aromatic rings. The molecule has 4 heteroatoms. The van der Waals surface area contributed by atoms with Crippen LogP contribution in [0.1, 0.15) is 30.5 Å². The van der Waals surface area contributed by atoms with Crippen molar-refractivity contribution in [2.75, 3.05) is 19.8 Å². The zero-order chi connectivity index (χ0) is 13.8. The first-order valence-corrected chi connectivity index (χ1v) is 7.98. The Hall–Kier alpha value is -1.52. The van der Waals surface area contributed by atoms with E-state index in [1.165, 1.54) is 11.1 Å². The van der Waals surface area contributed by atoms with Gasteiger partial charge in [0.05, 0.1) is 19.3 Å². The monoisotopic (exact) mass is 289 g/mol. The van der Waals surface area contributed by atoms with Crippen LogP contribution in [0.4, 0.5) is 0 Å². The van der Waals surface area contributed by atoms with Crippen LogP contribution in [0.5, 0.6) is 11.5 Å². The van der Waals surface area contributed by atoms with Gasteiger partial charge in [-0.2, -0.15) is 11.3 Å². The van der Waals surface area contributed by atoms with Crippen molar-refractivity contribution in [3.8, 4) is 11.5 Å². The highest BCUT2D eigenvalue weighted by molar-refractivity contribution is 7.08. The van der Waals surface area contributed by atoms with Crippen LogP contribution in [0, 0.1) is 0 Å². The molecule has 0 radical (unpaired) electrons. The van der Waals surface area contributed by atoms with Crippen LogP contribution in [0.2, 0.25) is 0 Å². The molecule has 1 aromatic heterocycles. The van der Waals surface area contributed by atoms with E-state index in [1.54, 1.807) is 11.3 Å². The molecule has 2 heterocycles. The molecule has 0 saturated carbocycles. The van der Waals surface area contributed by atoms with Gasteiger partial charge in [0.1, 0.15) is 0 Å². The Morgan fingerprint density at radius 1 is 1.15 bits per heavy atom. The number of thiophene rings is 1. The molecule has 1 atom stereocenters. The second-order valence-corrected chi connectivity index (χ2v) is 5.58. The second kappa shape index (κ2) is 6.29. The van der Waals surface area contributed by atoms with Crippen molar-refractivity contribution in [3.05, 3.63) is 46.2 Å². The lowest BCUT2D eigenvalue weighted by Gasteiger charge is -2.19. The summed E-state index contributed by atoms with van der Waals surface area (Å²) in [7, 11) is 0. The Kier molecular flexibility index (Phi) is 4.23. The maximum atomic E-state index is 5.78. The zero-order valence-electron chi connectivity index (χ0n) is 11.6. The molecule has 20 heavy (non-hydrogen) atoms. The van der Waals surface area contributed by atoms with Crippen molar-refractivity contribution in [2.45, 2.75) is 19.4 Å². The Labute approximate surface area is 123 Å². The van der Waals surface area contributed by atoms with Gasteiger partial charge in [-0.05, 0) is 46.6 Å². The third-order valence-electron chi connectivity index (χ3n) is 3.39. The van der Waals surface area contributed by atoms with Gasteiger partial charge < -0.3 is 14.8 Å². The van der Waals surface area contributed by atoms with Crippen molar-refractivity contribution >= 4 is 11.3 Å². The Bertz CT molecular complexity index is 554. The number of hydrogen-bond donors (Lipinski definition) is 1. The average Bonchev–Trinajstić information content (AvgIpc) is 2.89. The van der Waals surface area contributed by atoms with Gasteiger partial charge in [-0.25, -0.2) is 0 Å². The van der Waals surface area contributed by atoms with Crippen LogP contribution in [-0.4, -0.2) is 19.8 Å². The lowest BCUT2D eigenvalue weighted by Crippen LogP contribution is -2.21. The molecule has 0 aliphatic carbocycles. The summed E-state index contributed by atoms with van der Waals surface area (Å²) in [4.78, 5) is 0. The van der Waals surface area contributed by atoms with E-state index in [4.69, 9.17) is 9.47 Å². The number of nitrogens with one attached hydrogen (secondary N) is 1. The van der Waals surface area contributed by atoms with E-state index in [0.717, 1.165) is 37.7 Å². The van der Waals surface area contributed by atoms with Gasteiger partial charge in [-0.3, -0.25) is 0 Å². The molecule has 0 fully saturated rings. The molecule has 1 aliphatic rings. The molecule has 1 aliphatic heterocycles. The topological polar surface area (TPSA) is 30.5 Å². The molecular weight excluding hydrogens is 270 g/mol. The highest BCUT2D eigenvalue weighted by Gasteiger charge is 2.17. The fourth-order valence-electron chi connectivity index (χ4n) is 2.43. The molecule has 0 bridgehead atoms. The first-order valence-electron chi connectivity index (χ1n) is 7.03. The van der Waals surface area contributed by atoms with Gasteiger partial charge in [0.15, 0.2) is 11.5 Å². The van der Waals surface area contributed by atoms with Crippen LogP contribution in [0.25, 0.3) is 0 Å². The zero-order valence-corrected chi connectivity index (χ0v) is 12.4. The number of ether oxygens (including phenoxy) is 2. The summed E-state index contributed by atoms with van der Waals surface area (Å²) in [6.45, 7) is 4.51. The highest BCUT2D eigenvalue weighted by atomic mass is 32.1. The third-order valence-corrected chi connectivity index (χ3v) is 4.09. The van der Waals surface area contributed by atoms with Crippen molar-refractivity contribution in [1.82, 2.24) is 5.32 Å².